The lowest BCUT2D eigenvalue weighted by molar-refractivity contribution is 0.00212. The van der Waals surface area contributed by atoms with E-state index in [1.165, 1.54) is 0 Å². The maximum absolute atomic E-state index is 12.5. The summed E-state index contributed by atoms with van der Waals surface area (Å²) in [6.45, 7) is 8.25. The lowest BCUT2D eigenvalue weighted by Gasteiger charge is -2.37. The Balaban J connectivity index is 1.25. The molecule has 1 aromatic heterocycles. The number of aromatic nitrogens is 1. The minimum Gasteiger partial charge on any atom is -0.490 e. The number of amides is 2. The molecule has 2 saturated heterocycles. The minimum absolute atomic E-state index is 0.192. The predicted molar refractivity (Wildman–Crippen MR) is 127 cm³/mol. The molecule has 3 heterocycles. The number of hydrogen-bond donors (Lipinski definition) is 2. The zero-order valence-electron chi connectivity index (χ0n) is 19.7. The number of nitrogens with zero attached hydrogens (tertiary/aromatic N) is 2. The lowest BCUT2D eigenvalue weighted by Crippen LogP contribution is -2.53. The normalized spacial score (nSPS) is 19.4. The van der Waals surface area contributed by atoms with Gasteiger partial charge in [0.2, 0.25) is 5.88 Å². The molecule has 0 spiro atoms. The van der Waals surface area contributed by atoms with Crippen LogP contribution in [0.5, 0.6) is 17.4 Å². The highest BCUT2D eigenvalue weighted by Gasteiger charge is 2.31. The third kappa shape index (κ3) is 6.82. The van der Waals surface area contributed by atoms with E-state index < -0.39 is 0 Å². The van der Waals surface area contributed by atoms with Crippen LogP contribution in [0.1, 0.15) is 18.9 Å². The van der Waals surface area contributed by atoms with E-state index in [4.69, 9.17) is 18.9 Å². The van der Waals surface area contributed by atoms with Gasteiger partial charge in [-0.05, 0) is 31.0 Å². The van der Waals surface area contributed by atoms with E-state index in [9.17, 15) is 4.79 Å². The fourth-order valence-corrected chi connectivity index (χ4v) is 4.30. The second kappa shape index (κ2) is 12.5. The monoisotopic (exact) mass is 470 g/mol. The molecule has 1 aromatic carbocycles. The van der Waals surface area contributed by atoms with Gasteiger partial charge in [0.05, 0.1) is 26.4 Å². The first kappa shape index (κ1) is 24.3. The summed E-state index contributed by atoms with van der Waals surface area (Å²) in [6.07, 6.45) is 2.73. The Hall–Kier alpha value is -2.88. The SMILES string of the molecule is CCOc1ccccc1Oc1ccc(CNC(=O)NCC(C2CCOC2)N2CCOCC2)cn1. The van der Waals surface area contributed by atoms with Crippen LogP contribution in [-0.2, 0) is 16.0 Å². The van der Waals surface area contributed by atoms with Gasteiger partial charge in [0.1, 0.15) is 0 Å². The van der Waals surface area contributed by atoms with Crippen molar-refractivity contribution in [1.29, 1.82) is 0 Å². The molecule has 0 radical (unpaired) electrons. The number of pyridine rings is 1. The Morgan fingerprint density at radius 3 is 2.65 bits per heavy atom. The number of rotatable bonds is 10. The standard InChI is InChI=1S/C25H34N4O5/c1-2-33-22-5-3-4-6-23(22)34-24-8-7-19(15-26-24)16-27-25(30)28-17-21(20-9-12-32-18-20)29-10-13-31-14-11-29/h3-8,15,20-21H,2,9-14,16-18H2,1H3,(H2,27,28,30). The maximum atomic E-state index is 12.5. The average molecular weight is 471 g/mol. The highest BCUT2D eigenvalue weighted by Crippen LogP contribution is 2.30. The van der Waals surface area contributed by atoms with E-state index in [2.05, 4.69) is 20.5 Å². The van der Waals surface area contributed by atoms with E-state index in [1.54, 1.807) is 12.3 Å². The van der Waals surface area contributed by atoms with E-state index >= 15 is 0 Å². The van der Waals surface area contributed by atoms with Crippen LogP contribution in [0.3, 0.4) is 0 Å². The molecule has 2 unspecified atom stereocenters. The fraction of sp³-hybridized carbons (Fsp3) is 0.520. The zero-order chi connectivity index (χ0) is 23.6. The molecule has 9 nitrogen and oxygen atoms in total. The summed E-state index contributed by atoms with van der Waals surface area (Å²) in [5, 5.41) is 5.96. The molecule has 2 aromatic rings. The summed E-state index contributed by atoms with van der Waals surface area (Å²) >= 11 is 0. The molecule has 2 N–H and O–H groups in total. The van der Waals surface area contributed by atoms with Gasteiger partial charge in [-0.15, -0.1) is 0 Å². The molecule has 0 bridgehead atoms. The molecular weight excluding hydrogens is 436 g/mol. The first-order valence-electron chi connectivity index (χ1n) is 12.0. The van der Waals surface area contributed by atoms with Crippen molar-refractivity contribution in [1.82, 2.24) is 20.5 Å². The van der Waals surface area contributed by atoms with Gasteiger partial charge in [-0.2, -0.15) is 0 Å². The van der Waals surface area contributed by atoms with Crippen LogP contribution in [0.15, 0.2) is 42.6 Å². The molecule has 9 heteroatoms. The summed E-state index contributed by atoms with van der Waals surface area (Å²) in [4.78, 5) is 19.2. The van der Waals surface area contributed by atoms with Gasteiger partial charge in [-0.25, -0.2) is 9.78 Å². The van der Waals surface area contributed by atoms with Crippen LogP contribution in [0.4, 0.5) is 4.79 Å². The van der Waals surface area contributed by atoms with Gasteiger partial charge in [-0.3, -0.25) is 4.90 Å². The number of benzene rings is 1. The minimum atomic E-state index is -0.192. The second-order valence-corrected chi connectivity index (χ2v) is 8.39. The number of morpholine rings is 1. The highest BCUT2D eigenvalue weighted by molar-refractivity contribution is 5.73. The summed E-state index contributed by atoms with van der Waals surface area (Å²) in [5.74, 6) is 2.19. The summed E-state index contributed by atoms with van der Waals surface area (Å²) < 4.78 is 22.5. The average Bonchev–Trinajstić information content (AvgIpc) is 3.40. The third-order valence-corrected chi connectivity index (χ3v) is 6.11. The Morgan fingerprint density at radius 2 is 1.94 bits per heavy atom. The molecule has 0 aliphatic carbocycles. The molecule has 2 fully saturated rings. The number of para-hydroxylation sites is 2. The van der Waals surface area contributed by atoms with Crippen LogP contribution in [0.25, 0.3) is 0 Å². The molecule has 2 amide bonds. The van der Waals surface area contributed by atoms with Crippen molar-refractivity contribution in [3.05, 3.63) is 48.2 Å². The Morgan fingerprint density at radius 1 is 1.12 bits per heavy atom. The molecule has 2 aliphatic rings. The van der Waals surface area contributed by atoms with Crippen LogP contribution >= 0.6 is 0 Å². The number of hydrogen-bond acceptors (Lipinski definition) is 7. The Kier molecular flexibility index (Phi) is 8.95. The summed E-state index contributed by atoms with van der Waals surface area (Å²) in [5.41, 5.74) is 0.884. The zero-order valence-corrected chi connectivity index (χ0v) is 19.7. The van der Waals surface area contributed by atoms with E-state index in [0.29, 0.717) is 43.0 Å². The van der Waals surface area contributed by atoms with Crippen molar-refractivity contribution in [2.45, 2.75) is 25.9 Å². The van der Waals surface area contributed by atoms with Crippen LogP contribution in [0.2, 0.25) is 0 Å². The number of ether oxygens (including phenoxy) is 4. The smallest absolute Gasteiger partial charge is 0.315 e. The van der Waals surface area contributed by atoms with Crippen molar-refractivity contribution in [3.8, 4) is 17.4 Å². The molecule has 0 saturated carbocycles. The molecule has 34 heavy (non-hydrogen) atoms. The fourth-order valence-electron chi connectivity index (χ4n) is 4.30. The Labute approximate surface area is 200 Å². The van der Waals surface area contributed by atoms with Gasteiger partial charge in [-0.1, -0.05) is 18.2 Å². The number of urea groups is 1. The molecule has 4 rings (SSSR count). The third-order valence-electron chi connectivity index (χ3n) is 6.11. The van der Waals surface area contributed by atoms with Crippen LogP contribution < -0.4 is 20.1 Å². The topological polar surface area (TPSA) is 94.2 Å². The number of nitrogens with one attached hydrogen (secondary N) is 2. The van der Waals surface area contributed by atoms with Gasteiger partial charge in [0.15, 0.2) is 11.5 Å². The van der Waals surface area contributed by atoms with Gasteiger partial charge < -0.3 is 29.6 Å². The van der Waals surface area contributed by atoms with Gasteiger partial charge >= 0.3 is 6.03 Å². The van der Waals surface area contributed by atoms with Crippen molar-refractivity contribution in [3.63, 3.8) is 0 Å². The predicted octanol–water partition coefficient (Wildman–Crippen LogP) is 2.81. The molecular formula is C25H34N4O5. The van der Waals surface area contributed by atoms with Crippen molar-refractivity contribution < 1.29 is 23.7 Å². The summed E-state index contributed by atoms with van der Waals surface area (Å²) in [7, 11) is 0. The first-order chi connectivity index (χ1) is 16.7. The highest BCUT2D eigenvalue weighted by atomic mass is 16.5. The molecule has 2 aliphatic heterocycles. The van der Waals surface area contributed by atoms with E-state index in [1.807, 2.05) is 37.3 Å². The Bertz CT molecular complexity index is 898. The quantitative estimate of drug-likeness (QED) is 0.551. The maximum Gasteiger partial charge on any atom is 0.315 e. The largest absolute Gasteiger partial charge is 0.490 e. The number of carbonyl (C=O) groups is 1. The lowest BCUT2D eigenvalue weighted by atomic mass is 9.97. The van der Waals surface area contributed by atoms with E-state index in [0.717, 1.165) is 51.5 Å². The summed E-state index contributed by atoms with van der Waals surface area (Å²) in [6, 6.07) is 11.2. The van der Waals surface area contributed by atoms with Crippen molar-refractivity contribution >= 4 is 6.03 Å². The first-order valence-corrected chi connectivity index (χ1v) is 12.0. The van der Waals surface area contributed by atoms with Crippen molar-refractivity contribution in [2.24, 2.45) is 5.92 Å². The van der Waals surface area contributed by atoms with Crippen LogP contribution in [-0.4, -0.2) is 74.6 Å². The van der Waals surface area contributed by atoms with Gasteiger partial charge in [0.25, 0.3) is 0 Å². The van der Waals surface area contributed by atoms with Gasteiger partial charge in [0, 0.05) is 57.0 Å². The molecule has 2 atom stereocenters. The van der Waals surface area contributed by atoms with E-state index in [-0.39, 0.29) is 12.1 Å². The molecule has 184 valence electrons. The number of carbonyl (C=O) groups excluding carboxylic acids is 1. The second-order valence-electron chi connectivity index (χ2n) is 8.39. The van der Waals surface area contributed by atoms with Crippen LogP contribution in [0, 0.1) is 5.92 Å². The van der Waals surface area contributed by atoms with Crippen molar-refractivity contribution in [2.75, 3.05) is 52.7 Å².